The lowest BCUT2D eigenvalue weighted by molar-refractivity contribution is 0.0948. The largest absolute Gasteiger partial charge is 0.351 e. The van der Waals surface area contributed by atoms with Gasteiger partial charge in [0.15, 0.2) is 11.6 Å². The fourth-order valence-corrected chi connectivity index (χ4v) is 1.72. The summed E-state index contributed by atoms with van der Waals surface area (Å²) < 4.78 is 26.0. The van der Waals surface area contributed by atoms with Gasteiger partial charge in [-0.2, -0.15) is 0 Å². The van der Waals surface area contributed by atoms with E-state index in [0.717, 1.165) is 25.0 Å². The van der Waals surface area contributed by atoms with E-state index >= 15 is 0 Å². The van der Waals surface area contributed by atoms with Crippen molar-refractivity contribution in [2.24, 2.45) is 0 Å². The van der Waals surface area contributed by atoms with Crippen LogP contribution in [0.4, 0.5) is 20.4 Å². The van der Waals surface area contributed by atoms with Crippen molar-refractivity contribution in [2.45, 2.75) is 19.8 Å². The normalized spacial score (nSPS) is 10.3. The first-order valence-corrected chi connectivity index (χ1v) is 6.93. The molecule has 1 aromatic heterocycles. The Hall–Kier alpha value is -2.57. The smallest absolute Gasteiger partial charge is 0.270 e. The maximum Gasteiger partial charge on any atom is 0.270 e. The molecule has 0 aliphatic heterocycles. The van der Waals surface area contributed by atoms with Crippen LogP contribution in [-0.2, 0) is 0 Å². The molecule has 5 nitrogen and oxygen atoms in total. The van der Waals surface area contributed by atoms with Crippen LogP contribution in [0.15, 0.2) is 30.5 Å². The van der Waals surface area contributed by atoms with E-state index in [1.54, 1.807) is 0 Å². The second-order valence-electron chi connectivity index (χ2n) is 4.63. The molecule has 0 saturated carbocycles. The number of carbonyl (C=O) groups excluding carboxylic acids is 1. The number of benzene rings is 1. The van der Waals surface area contributed by atoms with Gasteiger partial charge in [0.05, 0.1) is 0 Å². The third-order valence-electron chi connectivity index (χ3n) is 2.88. The highest BCUT2D eigenvalue weighted by Gasteiger charge is 2.09. The number of nitrogens with zero attached hydrogens (tertiary/aromatic N) is 2. The van der Waals surface area contributed by atoms with Crippen LogP contribution in [0.3, 0.4) is 0 Å². The van der Waals surface area contributed by atoms with Crippen LogP contribution < -0.4 is 10.6 Å². The lowest BCUT2D eigenvalue weighted by atomic mass is 10.3. The van der Waals surface area contributed by atoms with Gasteiger partial charge >= 0.3 is 0 Å². The van der Waals surface area contributed by atoms with Gasteiger partial charge in [-0.1, -0.05) is 13.3 Å². The lowest BCUT2D eigenvalue weighted by Crippen LogP contribution is -2.25. The van der Waals surface area contributed by atoms with Gasteiger partial charge in [0.1, 0.15) is 5.69 Å². The molecule has 2 N–H and O–H groups in total. The van der Waals surface area contributed by atoms with Crippen LogP contribution >= 0.6 is 0 Å². The highest BCUT2D eigenvalue weighted by atomic mass is 19.2. The Morgan fingerprint density at radius 2 is 2.05 bits per heavy atom. The van der Waals surface area contributed by atoms with Gasteiger partial charge < -0.3 is 10.6 Å². The monoisotopic (exact) mass is 306 g/mol. The number of nitrogens with one attached hydrogen (secondary N) is 2. The molecule has 0 spiro atoms. The predicted octanol–water partition coefficient (Wildman–Crippen LogP) is 3.03. The molecule has 22 heavy (non-hydrogen) atoms. The molecule has 7 heteroatoms. The molecule has 0 radical (unpaired) electrons. The average molecular weight is 306 g/mol. The number of hydrogen-bond acceptors (Lipinski definition) is 4. The van der Waals surface area contributed by atoms with Crippen molar-refractivity contribution in [3.63, 3.8) is 0 Å². The molecule has 0 saturated heterocycles. The molecule has 0 unspecified atom stereocenters. The first-order valence-electron chi connectivity index (χ1n) is 6.93. The van der Waals surface area contributed by atoms with Crippen molar-refractivity contribution in [2.75, 3.05) is 11.9 Å². The van der Waals surface area contributed by atoms with Crippen molar-refractivity contribution >= 4 is 17.5 Å². The molecule has 1 amide bonds. The summed E-state index contributed by atoms with van der Waals surface area (Å²) in [4.78, 5) is 19.9. The Morgan fingerprint density at radius 1 is 1.23 bits per heavy atom. The molecule has 0 aliphatic carbocycles. The number of aromatic nitrogens is 2. The molecule has 1 heterocycles. The summed E-state index contributed by atoms with van der Waals surface area (Å²) in [7, 11) is 0. The number of anilines is 2. The molecule has 0 bridgehead atoms. The maximum atomic E-state index is 13.1. The van der Waals surface area contributed by atoms with E-state index in [2.05, 4.69) is 20.6 Å². The number of unbranched alkanes of at least 4 members (excludes halogenated alkanes) is 1. The zero-order chi connectivity index (χ0) is 15.9. The second kappa shape index (κ2) is 7.44. The van der Waals surface area contributed by atoms with Crippen LogP contribution in [0, 0.1) is 11.6 Å². The molecule has 0 aliphatic rings. The summed E-state index contributed by atoms with van der Waals surface area (Å²) in [5, 5.41) is 5.47. The molecule has 2 rings (SSSR count). The molecule has 2 aromatic rings. The molecule has 0 atom stereocenters. The molecular weight excluding hydrogens is 290 g/mol. The fourth-order valence-electron chi connectivity index (χ4n) is 1.72. The van der Waals surface area contributed by atoms with E-state index in [-0.39, 0.29) is 17.5 Å². The number of carbonyl (C=O) groups is 1. The molecule has 0 fully saturated rings. The highest BCUT2D eigenvalue weighted by Crippen LogP contribution is 2.16. The minimum absolute atomic E-state index is 0.133. The minimum Gasteiger partial charge on any atom is -0.351 e. The highest BCUT2D eigenvalue weighted by molar-refractivity contribution is 5.92. The molecule has 116 valence electrons. The first kappa shape index (κ1) is 15.8. The zero-order valence-electron chi connectivity index (χ0n) is 12.1. The van der Waals surface area contributed by atoms with Crippen molar-refractivity contribution < 1.29 is 13.6 Å². The summed E-state index contributed by atoms with van der Waals surface area (Å²) in [5.74, 6) is -2.08. The van der Waals surface area contributed by atoms with Crippen molar-refractivity contribution in [3.05, 3.63) is 47.8 Å². The van der Waals surface area contributed by atoms with E-state index in [1.807, 2.05) is 6.92 Å². The van der Waals surface area contributed by atoms with Crippen LogP contribution in [0.2, 0.25) is 0 Å². The van der Waals surface area contributed by atoms with Gasteiger partial charge in [0, 0.05) is 24.5 Å². The number of rotatable bonds is 6. The van der Waals surface area contributed by atoms with Gasteiger partial charge in [-0.25, -0.2) is 18.7 Å². The van der Waals surface area contributed by atoms with Crippen LogP contribution in [0.25, 0.3) is 0 Å². The van der Waals surface area contributed by atoms with E-state index < -0.39 is 11.6 Å². The van der Waals surface area contributed by atoms with Gasteiger partial charge in [0.2, 0.25) is 5.95 Å². The summed E-state index contributed by atoms with van der Waals surface area (Å²) in [6.45, 7) is 2.60. The average Bonchev–Trinajstić information content (AvgIpc) is 2.51. The van der Waals surface area contributed by atoms with Crippen molar-refractivity contribution in [3.8, 4) is 0 Å². The Labute approximate surface area is 126 Å². The second-order valence-corrected chi connectivity index (χ2v) is 4.63. The van der Waals surface area contributed by atoms with E-state index in [0.29, 0.717) is 12.2 Å². The predicted molar refractivity (Wildman–Crippen MR) is 78.9 cm³/mol. The molecular formula is C15H16F2N4O. The van der Waals surface area contributed by atoms with Gasteiger partial charge in [-0.3, -0.25) is 4.79 Å². The first-order chi connectivity index (χ1) is 10.6. The minimum atomic E-state index is -0.974. The third kappa shape index (κ3) is 4.21. The fraction of sp³-hybridized carbons (Fsp3) is 0.267. The van der Waals surface area contributed by atoms with Gasteiger partial charge in [-0.05, 0) is 24.6 Å². The number of hydrogen-bond donors (Lipinski definition) is 2. The van der Waals surface area contributed by atoms with E-state index in [4.69, 9.17) is 0 Å². The number of halogens is 2. The lowest BCUT2D eigenvalue weighted by Gasteiger charge is -2.07. The van der Waals surface area contributed by atoms with Gasteiger partial charge in [0.25, 0.3) is 5.91 Å². The summed E-state index contributed by atoms with van der Waals surface area (Å²) in [6, 6.07) is 4.83. The van der Waals surface area contributed by atoms with Crippen LogP contribution in [0.5, 0.6) is 0 Å². The maximum absolute atomic E-state index is 13.1. The third-order valence-corrected chi connectivity index (χ3v) is 2.88. The van der Waals surface area contributed by atoms with Crippen LogP contribution in [-0.4, -0.2) is 22.4 Å². The summed E-state index contributed by atoms with van der Waals surface area (Å²) in [5.41, 5.74) is 0.499. The Morgan fingerprint density at radius 3 is 2.77 bits per heavy atom. The Kier molecular flexibility index (Phi) is 5.35. The van der Waals surface area contributed by atoms with Crippen LogP contribution in [0.1, 0.15) is 30.3 Å². The summed E-state index contributed by atoms with van der Waals surface area (Å²) >= 11 is 0. The Balaban J connectivity index is 2.07. The number of amides is 1. The molecule has 1 aromatic carbocycles. The van der Waals surface area contributed by atoms with Crippen molar-refractivity contribution in [1.29, 1.82) is 0 Å². The zero-order valence-corrected chi connectivity index (χ0v) is 12.1. The summed E-state index contributed by atoms with van der Waals surface area (Å²) in [6.07, 6.45) is 3.29. The quantitative estimate of drug-likeness (QED) is 0.805. The van der Waals surface area contributed by atoms with E-state index in [1.165, 1.54) is 18.3 Å². The standard InChI is InChI=1S/C15H16F2N4O/c1-2-3-7-18-14(22)13-6-8-19-15(21-13)20-10-4-5-11(16)12(17)9-10/h4-6,8-9H,2-3,7H2,1H3,(H,18,22)(H,19,20,21). The SMILES string of the molecule is CCCCNC(=O)c1ccnc(Nc2ccc(F)c(F)c2)n1. The van der Waals surface area contributed by atoms with E-state index in [9.17, 15) is 13.6 Å². The Bertz CT molecular complexity index is 664. The topological polar surface area (TPSA) is 66.9 Å². The van der Waals surface area contributed by atoms with Crippen molar-refractivity contribution in [1.82, 2.24) is 15.3 Å². The van der Waals surface area contributed by atoms with Gasteiger partial charge in [-0.15, -0.1) is 0 Å².